The summed E-state index contributed by atoms with van der Waals surface area (Å²) in [5.74, 6) is -0.0282. The summed E-state index contributed by atoms with van der Waals surface area (Å²) in [5.41, 5.74) is 0.856. The second-order valence-electron chi connectivity index (χ2n) is 4.33. The molecule has 0 aliphatic heterocycles. The highest BCUT2D eigenvalue weighted by atomic mass is 32.2. The third kappa shape index (κ3) is 4.53. The van der Waals surface area contributed by atoms with Gasteiger partial charge in [-0.3, -0.25) is 9.59 Å². The minimum absolute atomic E-state index is 0.00995. The number of hydrogen-bond donors (Lipinski definition) is 0. The summed E-state index contributed by atoms with van der Waals surface area (Å²) in [4.78, 5) is 31.4. The van der Waals surface area contributed by atoms with Gasteiger partial charge in [0.1, 0.15) is 17.1 Å². The van der Waals surface area contributed by atoms with E-state index >= 15 is 0 Å². The summed E-state index contributed by atoms with van der Waals surface area (Å²) in [5, 5.41) is 1.72. The zero-order chi connectivity index (χ0) is 15.1. The fourth-order valence-corrected chi connectivity index (χ4v) is 2.68. The molecular weight excluding hydrogens is 288 g/mol. The zero-order valence-electron chi connectivity index (χ0n) is 11.7. The number of esters is 1. The number of benzene rings is 1. The summed E-state index contributed by atoms with van der Waals surface area (Å²) in [6.45, 7) is 2.09. The van der Waals surface area contributed by atoms with Crippen molar-refractivity contribution >= 4 is 34.4 Å². The lowest BCUT2D eigenvalue weighted by Gasteiger charge is -2.04. The smallest absolute Gasteiger partial charge is 0.306 e. The highest BCUT2D eigenvalue weighted by molar-refractivity contribution is 8.00. The SMILES string of the molecule is CCOC(=O)CCC(=O)CSc1ncnc2ccccc12. The van der Waals surface area contributed by atoms with Crippen LogP contribution in [0, 0.1) is 0 Å². The van der Waals surface area contributed by atoms with Crippen LogP contribution in [0.15, 0.2) is 35.6 Å². The van der Waals surface area contributed by atoms with Gasteiger partial charge in [0.25, 0.3) is 0 Å². The van der Waals surface area contributed by atoms with Crippen molar-refractivity contribution < 1.29 is 14.3 Å². The molecular formula is C15H16N2O3S. The Labute approximate surface area is 127 Å². The van der Waals surface area contributed by atoms with E-state index in [0.717, 1.165) is 15.9 Å². The van der Waals surface area contributed by atoms with Gasteiger partial charge in [-0.2, -0.15) is 0 Å². The van der Waals surface area contributed by atoms with E-state index < -0.39 is 0 Å². The molecule has 0 aliphatic rings. The van der Waals surface area contributed by atoms with E-state index in [1.165, 1.54) is 18.1 Å². The molecule has 0 fully saturated rings. The first-order valence-corrected chi connectivity index (χ1v) is 7.69. The maximum absolute atomic E-state index is 11.8. The van der Waals surface area contributed by atoms with Gasteiger partial charge in [0.05, 0.1) is 24.3 Å². The molecule has 0 bridgehead atoms. The largest absolute Gasteiger partial charge is 0.466 e. The van der Waals surface area contributed by atoms with Crippen molar-refractivity contribution in [3.63, 3.8) is 0 Å². The summed E-state index contributed by atoms with van der Waals surface area (Å²) in [6.07, 6.45) is 1.83. The number of hydrogen-bond acceptors (Lipinski definition) is 6. The highest BCUT2D eigenvalue weighted by Gasteiger charge is 2.10. The van der Waals surface area contributed by atoms with Crippen LogP contribution in [-0.2, 0) is 14.3 Å². The Morgan fingerprint density at radius 3 is 2.81 bits per heavy atom. The van der Waals surface area contributed by atoms with Crippen molar-refractivity contribution in [3.8, 4) is 0 Å². The molecule has 0 spiro atoms. The average Bonchev–Trinajstić information content (AvgIpc) is 2.51. The molecule has 5 nitrogen and oxygen atoms in total. The number of fused-ring (bicyclic) bond motifs is 1. The molecule has 21 heavy (non-hydrogen) atoms. The summed E-state index contributed by atoms with van der Waals surface area (Å²) in [7, 11) is 0. The van der Waals surface area contributed by atoms with Crippen LogP contribution in [0.4, 0.5) is 0 Å². The number of thioether (sulfide) groups is 1. The fourth-order valence-electron chi connectivity index (χ4n) is 1.79. The predicted molar refractivity (Wildman–Crippen MR) is 81.1 cm³/mol. The molecule has 110 valence electrons. The van der Waals surface area contributed by atoms with Gasteiger partial charge in [-0.15, -0.1) is 0 Å². The molecule has 2 aromatic rings. The van der Waals surface area contributed by atoms with Gasteiger partial charge in [0.15, 0.2) is 0 Å². The van der Waals surface area contributed by atoms with Crippen molar-refractivity contribution in [2.45, 2.75) is 24.8 Å². The number of carbonyl (C=O) groups excluding carboxylic acids is 2. The monoisotopic (exact) mass is 304 g/mol. The Kier molecular flexibility index (Phi) is 5.68. The third-order valence-corrected chi connectivity index (χ3v) is 3.85. The summed E-state index contributed by atoms with van der Waals surface area (Å²) >= 11 is 1.37. The van der Waals surface area contributed by atoms with E-state index in [9.17, 15) is 9.59 Å². The van der Waals surface area contributed by atoms with Crippen molar-refractivity contribution in [1.29, 1.82) is 0 Å². The molecule has 6 heteroatoms. The molecule has 0 aliphatic carbocycles. The van der Waals surface area contributed by atoms with Crippen molar-refractivity contribution in [2.24, 2.45) is 0 Å². The standard InChI is InChI=1S/C15H16N2O3S/c1-2-20-14(19)8-7-11(18)9-21-15-12-5-3-4-6-13(12)16-10-17-15/h3-6,10H,2,7-9H2,1H3. The maximum atomic E-state index is 11.8. The average molecular weight is 304 g/mol. The lowest BCUT2D eigenvalue weighted by Crippen LogP contribution is -2.09. The van der Waals surface area contributed by atoms with E-state index in [-0.39, 0.29) is 24.6 Å². The number of para-hydroxylation sites is 1. The van der Waals surface area contributed by atoms with Crippen LogP contribution in [-0.4, -0.2) is 34.1 Å². The van der Waals surface area contributed by atoms with Gasteiger partial charge in [0, 0.05) is 11.8 Å². The molecule has 1 aromatic heterocycles. The number of aromatic nitrogens is 2. The molecule has 0 N–H and O–H groups in total. The van der Waals surface area contributed by atoms with Crippen molar-refractivity contribution in [1.82, 2.24) is 9.97 Å². The van der Waals surface area contributed by atoms with Gasteiger partial charge >= 0.3 is 5.97 Å². The first-order chi connectivity index (χ1) is 10.2. The Morgan fingerprint density at radius 1 is 1.19 bits per heavy atom. The lowest BCUT2D eigenvalue weighted by molar-refractivity contribution is -0.144. The minimum atomic E-state index is -0.330. The van der Waals surface area contributed by atoms with Crippen molar-refractivity contribution in [2.75, 3.05) is 12.4 Å². The second-order valence-corrected chi connectivity index (χ2v) is 5.29. The van der Waals surface area contributed by atoms with E-state index in [0.29, 0.717) is 12.4 Å². The Balaban J connectivity index is 1.90. The van der Waals surface area contributed by atoms with E-state index in [1.807, 2.05) is 24.3 Å². The van der Waals surface area contributed by atoms with Crippen LogP contribution in [0.1, 0.15) is 19.8 Å². The number of ether oxygens (including phenoxy) is 1. The number of Topliss-reactive ketones (excluding diaryl/α,β-unsaturated/α-hetero) is 1. The van der Waals surface area contributed by atoms with E-state index in [2.05, 4.69) is 9.97 Å². The molecule has 2 rings (SSSR count). The number of carbonyl (C=O) groups is 2. The number of rotatable bonds is 7. The molecule has 0 amide bonds. The molecule has 0 atom stereocenters. The van der Waals surface area contributed by atoms with Crippen LogP contribution in [0.25, 0.3) is 10.9 Å². The fraction of sp³-hybridized carbons (Fsp3) is 0.333. The summed E-state index contributed by atoms with van der Waals surface area (Å²) in [6, 6.07) is 7.66. The van der Waals surface area contributed by atoms with Gasteiger partial charge in [-0.25, -0.2) is 9.97 Å². The minimum Gasteiger partial charge on any atom is -0.466 e. The molecule has 1 heterocycles. The molecule has 0 saturated heterocycles. The highest BCUT2D eigenvalue weighted by Crippen LogP contribution is 2.24. The molecule has 0 radical (unpaired) electrons. The van der Waals surface area contributed by atoms with E-state index in [4.69, 9.17) is 4.74 Å². The van der Waals surface area contributed by atoms with Gasteiger partial charge in [0.2, 0.25) is 0 Å². The van der Waals surface area contributed by atoms with Crippen LogP contribution in [0.2, 0.25) is 0 Å². The lowest BCUT2D eigenvalue weighted by atomic mass is 10.2. The summed E-state index contributed by atoms with van der Waals surface area (Å²) < 4.78 is 4.79. The Morgan fingerprint density at radius 2 is 2.00 bits per heavy atom. The Hall–Kier alpha value is -1.95. The van der Waals surface area contributed by atoms with Crippen molar-refractivity contribution in [3.05, 3.63) is 30.6 Å². The van der Waals surface area contributed by atoms with Gasteiger partial charge < -0.3 is 4.74 Å². The first-order valence-electron chi connectivity index (χ1n) is 6.70. The van der Waals surface area contributed by atoms with Gasteiger partial charge in [-0.1, -0.05) is 30.0 Å². The quantitative estimate of drug-likeness (QED) is 0.445. The maximum Gasteiger partial charge on any atom is 0.306 e. The molecule has 1 aromatic carbocycles. The molecule has 0 unspecified atom stereocenters. The topological polar surface area (TPSA) is 69.2 Å². The predicted octanol–water partition coefficient (Wildman–Crippen LogP) is 2.63. The van der Waals surface area contributed by atoms with Crippen LogP contribution >= 0.6 is 11.8 Å². The van der Waals surface area contributed by atoms with E-state index in [1.54, 1.807) is 6.92 Å². The second kappa shape index (κ2) is 7.73. The van der Waals surface area contributed by atoms with Crippen LogP contribution < -0.4 is 0 Å². The van der Waals surface area contributed by atoms with Gasteiger partial charge in [-0.05, 0) is 13.0 Å². The first kappa shape index (κ1) is 15.4. The number of nitrogens with zero attached hydrogens (tertiary/aromatic N) is 2. The van der Waals surface area contributed by atoms with Crippen LogP contribution in [0.5, 0.6) is 0 Å². The molecule has 0 saturated carbocycles. The Bertz CT molecular complexity index is 640. The third-order valence-electron chi connectivity index (χ3n) is 2.79. The zero-order valence-corrected chi connectivity index (χ0v) is 12.6. The normalized spacial score (nSPS) is 10.5. The number of ketones is 1. The van der Waals surface area contributed by atoms with Crippen LogP contribution in [0.3, 0.4) is 0 Å².